The minimum Gasteiger partial charge on any atom is -0.497 e. The molecule has 0 radical (unpaired) electrons. The minimum atomic E-state index is -0.586. The number of methoxy groups -OCH3 is 2. The summed E-state index contributed by atoms with van der Waals surface area (Å²) in [6.45, 7) is 5.56. The van der Waals surface area contributed by atoms with Crippen molar-refractivity contribution in [2.24, 2.45) is 0 Å². The summed E-state index contributed by atoms with van der Waals surface area (Å²) in [6.07, 6.45) is -0.413. The first kappa shape index (κ1) is 17.9. The molecule has 0 amide bonds. The van der Waals surface area contributed by atoms with Crippen LogP contribution in [0.3, 0.4) is 0 Å². The Morgan fingerprint density at radius 1 is 0.885 bits per heavy atom. The van der Waals surface area contributed by atoms with E-state index in [1.54, 1.807) is 18.8 Å². The Hall–Kier alpha value is -2.95. The van der Waals surface area contributed by atoms with E-state index in [-0.39, 0.29) is 0 Å². The molecular formula is C21H23NO4. The summed E-state index contributed by atoms with van der Waals surface area (Å²) in [6, 6.07) is 15.1. The van der Waals surface area contributed by atoms with Crippen LogP contribution in [0.1, 0.15) is 20.8 Å². The van der Waals surface area contributed by atoms with Gasteiger partial charge in [-0.3, -0.25) is 0 Å². The van der Waals surface area contributed by atoms with E-state index in [0.717, 1.165) is 33.7 Å². The Morgan fingerprint density at radius 3 is 2.08 bits per heavy atom. The summed E-state index contributed by atoms with van der Waals surface area (Å²) in [5, 5.41) is 0.904. The van der Waals surface area contributed by atoms with Crippen LogP contribution in [0.15, 0.2) is 48.5 Å². The second kappa shape index (κ2) is 6.75. The van der Waals surface area contributed by atoms with Crippen LogP contribution in [-0.4, -0.2) is 30.5 Å². The Balaban J connectivity index is 2.18. The van der Waals surface area contributed by atoms with Gasteiger partial charge in [-0.25, -0.2) is 9.36 Å². The monoisotopic (exact) mass is 353 g/mol. The van der Waals surface area contributed by atoms with Gasteiger partial charge in [-0.2, -0.15) is 0 Å². The van der Waals surface area contributed by atoms with Gasteiger partial charge >= 0.3 is 6.09 Å². The molecule has 0 spiro atoms. The highest BCUT2D eigenvalue weighted by molar-refractivity contribution is 5.96. The van der Waals surface area contributed by atoms with E-state index < -0.39 is 11.7 Å². The molecule has 3 rings (SSSR count). The third-order valence-electron chi connectivity index (χ3n) is 3.97. The maximum Gasteiger partial charge on any atom is 0.419 e. The van der Waals surface area contributed by atoms with Crippen molar-refractivity contribution in [2.45, 2.75) is 26.4 Å². The normalized spacial score (nSPS) is 11.4. The predicted octanol–water partition coefficient (Wildman–Crippen LogP) is 5.11. The van der Waals surface area contributed by atoms with Gasteiger partial charge < -0.3 is 14.2 Å². The topological polar surface area (TPSA) is 49.7 Å². The first-order valence-electron chi connectivity index (χ1n) is 8.39. The Kier molecular flexibility index (Phi) is 4.64. The van der Waals surface area contributed by atoms with Crippen molar-refractivity contribution < 1.29 is 19.0 Å². The molecule has 2 aromatic carbocycles. The van der Waals surface area contributed by atoms with E-state index in [2.05, 4.69) is 0 Å². The number of fused-ring (bicyclic) bond motifs is 1. The summed E-state index contributed by atoms with van der Waals surface area (Å²) in [4.78, 5) is 12.9. The van der Waals surface area contributed by atoms with Gasteiger partial charge in [0.25, 0.3) is 0 Å². The van der Waals surface area contributed by atoms with Crippen LogP contribution < -0.4 is 9.47 Å². The van der Waals surface area contributed by atoms with Gasteiger partial charge in [0.2, 0.25) is 0 Å². The molecule has 0 aliphatic rings. The zero-order valence-corrected chi connectivity index (χ0v) is 15.7. The molecule has 0 saturated heterocycles. The molecule has 1 aromatic heterocycles. The first-order valence-corrected chi connectivity index (χ1v) is 8.39. The van der Waals surface area contributed by atoms with Crippen molar-refractivity contribution in [2.75, 3.05) is 14.2 Å². The standard InChI is InChI=1S/C21H23NO4/c1-21(2,3)26-20(23)22-18-11-10-17(25-5)12-15(18)13-19(22)14-6-8-16(24-4)9-7-14/h6-13H,1-5H3. The molecule has 0 bridgehead atoms. The van der Waals surface area contributed by atoms with Crippen LogP contribution in [0, 0.1) is 0 Å². The fourth-order valence-electron chi connectivity index (χ4n) is 2.80. The lowest BCUT2D eigenvalue weighted by atomic mass is 10.1. The van der Waals surface area contributed by atoms with Gasteiger partial charge in [0.1, 0.15) is 17.1 Å². The second-order valence-corrected chi connectivity index (χ2v) is 7.00. The molecule has 0 unspecified atom stereocenters. The summed E-state index contributed by atoms with van der Waals surface area (Å²) in [5.41, 5.74) is 1.83. The Morgan fingerprint density at radius 2 is 1.50 bits per heavy atom. The van der Waals surface area contributed by atoms with Crippen LogP contribution in [0.5, 0.6) is 11.5 Å². The summed E-state index contributed by atoms with van der Waals surface area (Å²) in [5.74, 6) is 1.50. The van der Waals surface area contributed by atoms with Crippen LogP contribution in [0.2, 0.25) is 0 Å². The largest absolute Gasteiger partial charge is 0.497 e. The number of benzene rings is 2. The highest BCUT2D eigenvalue weighted by atomic mass is 16.6. The highest BCUT2D eigenvalue weighted by Crippen LogP contribution is 2.32. The molecule has 1 heterocycles. The number of carbonyl (C=O) groups is 1. The predicted molar refractivity (Wildman–Crippen MR) is 102 cm³/mol. The van der Waals surface area contributed by atoms with Gasteiger partial charge in [-0.05, 0) is 74.9 Å². The molecule has 0 atom stereocenters. The molecule has 26 heavy (non-hydrogen) atoms. The van der Waals surface area contributed by atoms with Gasteiger partial charge in [0.15, 0.2) is 0 Å². The molecule has 0 N–H and O–H groups in total. The number of hydrogen-bond donors (Lipinski definition) is 0. The fraction of sp³-hybridized carbons (Fsp3) is 0.286. The molecule has 3 aromatic rings. The lowest BCUT2D eigenvalue weighted by Gasteiger charge is -2.21. The van der Waals surface area contributed by atoms with Crippen molar-refractivity contribution in [1.82, 2.24) is 4.57 Å². The molecular weight excluding hydrogens is 330 g/mol. The van der Waals surface area contributed by atoms with E-state index in [1.807, 2.05) is 69.3 Å². The summed E-state index contributed by atoms with van der Waals surface area (Å²) >= 11 is 0. The highest BCUT2D eigenvalue weighted by Gasteiger charge is 2.23. The number of rotatable bonds is 3. The number of nitrogens with zero attached hydrogens (tertiary/aromatic N) is 1. The van der Waals surface area contributed by atoms with Crippen molar-refractivity contribution in [3.8, 4) is 22.8 Å². The molecule has 0 aliphatic heterocycles. The van der Waals surface area contributed by atoms with E-state index in [9.17, 15) is 4.79 Å². The lowest BCUT2D eigenvalue weighted by molar-refractivity contribution is 0.0547. The van der Waals surface area contributed by atoms with E-state index in [4.69, 9.17) is 14.2 Å². The summed E-state index contributed by atoms with van der Waals surface area (Å²) < 4.78 is 17.8. The van der Waals surface area contributed by atoms with Gasteiger partial charge in [-0.15, -0.1) is 0 Å². The van der Waals surface area contributed by atoms with Gasteiger partial charge in [-0.1, -0.05) is 0 Å². The minimum absolute atomic E-state index is 0.413. The van der Waals surface area contributed by atoms with Crippen molar-refractivity contribution in [3.05, 3.63) is 48.5 Å². The quantitative estimate of drug-likeness (QED) is 0.657. The van der Waals surface area contributed by atoms with Crippen LogP contribution in [0.25, 0.3) is 22.2 Å². The molecule has 0 saturated carbocycles. The van der Waals surface area contributed by atoms with E-state index in [1.165, 1.54) is 0 Å². The average molecular weight is 353 g/mol. The molecule has 0 fully saturated rings. The van der Waals surface area contributed by atoms with Crippen LogP contribution in [-0.2, 0) is 4.74 Å². The number of hydrogen-bond acceptors (Lipinski definition) is 4. The number of ether oxygens (including phenoxy) is 3. The zero-order chi connectivity index (χ0) is 18.9. The maximum absolute atomic E-state index is 12.9. The number of aromatic nitrogens is 1. The fourth-order valence-corrected chi connectivity index (χ4v) is 2.80. The smallest absolute Gasteiger partial charge is 0.419 e. The second-order valence-electron chi connectivity index (χ2n) is 7.00. The SMILES string of the molecule is COc1ccc(-c2cc3cc(OC)ccc3n2C(=O)OC(C)(C)C)cc1. The zero-order valence-electron chi connectivity index (χ0n) is 15.7. The van der Waals surface area contributed by atoms with Crippen molar-refractivity contribution in [1.29, 1.82) is 0 Å². The van der Waals surface area contributed by atoms with Gasteiger partial charge in [0.05, 0.1) is 25.4 Å². The average Bonchev–Trinajstić information content (AvgIpc) is 2.98. The van der Waals surface area contributed by atoms with Crippen molar-refractivity contribution in [3.63, 3.8) is 0 Å². The third kappa shape index (κ3) is 3.52. The van der Waals surface area contributed by atoms with E-state index >= 15 is 0 Å². The molecule has 5 heteroatoms. The molecule has 0 aliphatic carbocycles. The lowest BCUT2D eigenvalue weighted by Crippen LogP contribution is -2.27. The number of carbonyl (C=O) groups excluding carboxylic acids is 1. The maximum atomic E-state index is 12.9. The summed E-state index contributed by atoms with van der Waals surface area (Å²) in [7, 11) is 3.25. The van der Waals surface area contributed by atoms with Crippen molar-refractivity contribution >= 4 is 17.0 Å². The first-order chi connectivity index (χ1) is 12.3. The Bertz CT molecular complexity index is 933. The molecule has 5 nitrogen and oxygen atoms in total. The third-order valence-corrected chi connectivity index (χ3v) is 3.97. The van der Waals surface area contributed by atoms with Crippen LogP contribution in [0.4, 0.5) is 4.79 Å². The molecule has 136 valence electrons. The Labute approximate surface area is 153 Å². The van der Waals surface area contributed by atoms with E-state index in [0.29, 0.717) is 0 Å². The van der Waals surface area contributed by atoms with Gasteiger partial charge in [0, 0.05) is 5.39 Å². The van der Waals surface area contributed by atoms with Crippen LogP contribution >= 0.6 is 0 Å².